The molecule has 3 rings (SSSR count). The monoisotopic (exact) mass is 361 g/mol. The van der Waals surface area contributed by atoms with Gasteiger partial charge in [-0.1, -0.05) is 17.7 Å². The normalized spacial score (nSPS) is 10.4. The van der Waals surface area contributed by atoms with Gasteiger partial charge in [0.05, 0.1) is 12.7 Å². The van der Waals surface area contributed by atoms with Gasteiger partial charge in [-0.05, 0) is 68.3 Å². The summed E-state index contributed by atoms with van der Waals surface area (Å²) in [7, 11) is 1.63. The summed E-state index contributed by atoms with van der Waals surface area (Å²) in [6.45, 7) is 6.04. The lowest BCUT2D eigenvalue weighted by Crippen LogP contribution is -2.14. The largest absolute Gasteiger partial charge is 0.497 e. The molecule has 0 aliphatic rings. The van der Waals surface area contributed by atoms with Gasteiger partial charge in [0.25, 0.3) is 5.91 Å². The SMILES string of the molecule is COc1ccc(Nc2ccc(C(=O)Nc3c(C)cc(C)cc3C)cn2)cc1. The second-order valence-corrected chi connectivity index (χ2v) is 6.51. The van der Waals surface area contributed by atoms with Crippen molar-refractivity contribution < 1.29 is 9.53 Å². The van der Waals surface area contributed by atoms with Crippen molar-refractivity contribution in [3.63, 3.8) is 0 Å². The van der Waals surface area contributed by atoms with Crippen LogP contribution < -0.4 is 15.4 Å². The summed E-state index contributed by atoms with van der Waals surface area (Å²) >= 11 is 0. The van der Waals surface area contributed by atoms with E-state index in [2.05, 4.69) is 27.8 Å². The fourth-order valence-electron chi connectivity index (χ4n) is 2.99. The second-order valence-electron chi connectivity index (χ2n) is 6.51. The Morgan fingerprint density at radius 1 is 0.963 bits per heavy atom. The van der Waals surface area contributed by atoms with Gasteiger partial charge in [-0.25, -0.2) is 4.98 Å². The lowest BCUT2D eigenvalue weighted by molar-refractivity contribution is 0.102. The number of hydrogen-bond donors (Lipinski definition) is 2. The average Bonchev–Trinajstić information content (AvgIpc) is 2.65. The van der Waals surface area contributed by atoms with Gasteiger partial charge < -0.3 is 15.4 Å². The van der Waals surface area contributed by atoms with Crippen molar-refractivity contribution >= 4 is 23.1 Å². The van der Waals surface area contributed by atoms with E-state index in [0.29, 0.717) is 11.4 Å². The van der Waals surface area contributed by atoms with E-state index in [1.165, 1.54) is 5.56 Å². The number of ether oxygens (including phenoxy) is 1. The third-order valence-electron chi connectivity index (χ3n) is 4.30. The standard InChI is InChI=1S/C22H23N3O2/c1-14-11-15(2)21(16(3)12-14)25-22(26)17-5-10-20(23-13-17)24-18-6-8-19(27-4)9-7-18/h5-13H,1-4H3,(H,23,24)(H,25,26). The Bertz CT molecular complexity index is 925. The van der Waals surface area contributed by atoms with Crippen molar-refractivity contribution in [1.29, 1.82) is 0 Å². The van der Waals surface area contributed by atoms with Crippen LogP contribution in [0.4, 0.5) is 17.2 Å². The third kappa shape index (κ3) is 4.44. The predicted octanol–water partition coefficient (Wildman–Crippen LogP) is 5.01. The summed E-state index contributed by atoms with van der Waals surface area (Å²) < 4.78 is 5.15. The molecule has 0 aliphatic heterocycles. The van der Waals surface area contributed by atoms with Crippen LogP contribution in [0.5, 0.6) is 5.75 Å². The highest BCUT2D eigenvalue weighted by Crippen LogP contribution is 2.23. The molecule has 5 heteroatoms. The van der Waals surface area contributed by atoms with Gasteiger partial charge in [-0.3, -0.25) is 4.79 Å². The molecule has 138 valence electrons. The van der Waals surface area contributed by atoms with Crippen LogP contribution in [-0.2, 0) is 0 Å². The number of benzene rings is 2. The summed E-state index contributed by atoms with van der Waals surface area (Å²) in [6.07, 6.45) is 1.57. The van der Waals surface area contributed by atoms with Crippen LogP contribution in [-0.4, -0.2) is 18.0 Å². The number of pyridine rings is 1. The number of aryl methyl sites for hydroxylation is 3. The molecule has 0 bridgehead atoms. The van der Waals surface area contributed by atoms with Crippen LogP contribution in [0.25, 0.3) is 0 Å². The molecule has 0 aliphatic carbocycles. The number of nitrogens with one attached hydrogen (secondary N) is 2. The smallest absolute Gasteiger partial charge is 0.257 e. The molecule has 1 amide bonds. The van der Waals surface area contributed by atoms with Crippen molar-refractivity contribution in [3.8, 4) is 5.75 Å². The van der Waals surface area contributed by atoms with Gasteiger partial charge in [0, 0.05) is 17.6 Å². The molecule has 3 aromatic rings. The molecule has 0 saturated carbocycles. The van der Waals surface area contributed by atoms with Crippen molar-refractivity contribution in [3.05, 3.63) is 77.0 Å². The molecule has 0 unspecified atom stereocenters. The zero-order chi connectivity index (χ0) is 19.4. The number of methoxy groups -OCH3 is 1. The Kier molecular flexibility index (Phi) is 5.41. The first-order valence-electron chi connectivity index (χ1n) is 8.72. The maximum Gasteiger partial charge on any atom is 0.257 e. The first-order valence-corrected chi connectivity index (χ1v) is 8.72. The molecule has 2 N–H and O–H groups in total. The summed E-state index contributed by atoms with van der Waals surface area (Å²) in [5.74, 6) is 1.29. The van der Waals surface area contributed by atoms with E-state index in [-0.39, 0.29) is 5.91 Å². The van der Waals surface area contributed by atoms with Gasteiger partial charge in [0.1, 0.15) is 11.6 Å². The van der Waals surface area contributed by atoms with Crippen molar-refractivity contribution in [2.45, 2.75) is 20.8 Å². The van der Waals surface area contributed by atoms with E-state index in [1.54, 1.807) is 25.4 Å². The van der Waals surface area contributed by atoms with Crippen LogP contribution in [0.2, 0.25) is 0 Å². The predicted molar refractivity (Wildman–Crippen MR) is 109 cm³/mol. The van der Waals surface area contributed by atoms with Crippen LogP contribution in [0, 0.1) is 20.8 Å². The highest BCUT2D eigenvalue weighted by Gasteiger charge is 2.11. The first kappa shape index (κ1) is 18.5. The highest BCUT2D eigenvalue weighted by atomic mass is 16.5. The van der Waals surface area contributed by atoms with E-state index in [4.69, 9.17) is 4.74 Å². The minimum Gasteiger partial charge on any atom is -0.497 e. The van der Waals surface area contributed by atoms with Crippen LogP contribution in [0.3, 0.4) is 0 Å². The van der Waals surface area contributed by atoms with Crippen molar-refractivity contribution in [1.82, 2.24) is 4.98 Å². The average molecular weight is 361 g/mol. The Labute approximate surface area is 159 Å². The lowest BCUT2D eigenvalue weighted by atomic mass is 10.0. The summed E-state index contributed by atoms with van der Waals surface area (Å²) in [4.78, 5) is 16.9. The fourth-order valence-corrected chi connectivity index (χ4v) is 2.99. The first-order chi connectivity index (χ1) is 13.0. The van der Waals surface area contributed by atoms with Crippen LogP contribution >= 0.6 is 0 Å². The zero-order valence-electron chi connectivity index (χ0n) is 16.0. The van der Waals surface area contributed by atoms with E-state index < -0.39 is 0 Å². The Balaban J connectivity index is 1.70. The highest BCUT2D eigenvalue weighted by molar-refractivity contribution is 6.05. The van der Waals surface area contributed by atoms with Crippen LogP contribution in [0.1, 0.15) is 27.0 Å². The molecule has 1 aromatic heterocycles. The van der Waals surface area contributed by atoms with Crippen LogP contribution in [0.15, 0.2) is 54.7 Å². The van der Waals surface area contributed by atoms with Gasteiger partial charge in [0.15, 0.2) is 0 Å². The fraction of sp³-hybridized carbons (Fsp3) is 0.182. The van der Waals surface area contributed by atoms with E-state index in [1.807, 2.05) is 45.0 Å². The number of aromatic nitrogens is 1. The number of nitrogens with zero attached hydrogens (tertiary/aromatic N) is 1. The van der Waals surface area contributed by atoms with Gasteiger partial charge in [0.2, 0.25) is 0 Å². The minimum absolute atomic E-state index is 0.173. The van der Waals surface area contributed by atoms with Gasteiger partial charge in [-0.2, -0.15) is 0 Å². The molecule has 0 saturated heterocycles. The molecule has 5 nitrogen and oxygen atoms in total. The van der Waals surface area contributed by atoms with Crippen molar-refractivity contribution in [2.24, 2.45) is 0 Å². The van der Waals surface area contributed by atoms with Gasteiger partial charge in [-0.15, -0.1) is 0 Å². The molecular formula is C22H23N3O2. The molecule has 1 heterocycles. The minimum atomic E-state index is -0.173. The Hall–Kier alpha value is -3.34. The maximum atomic E-state index is 12.6. The topological polar surface area (TPSA) is 63.2 Å². The zero-order valence-corrected chi connectivity index (χ0v) is 16.0. The molecule has 0 radical (unpaired) electrons. The Morgan fingerprint density at radius 2 is 1.63 bits per heavy atom. The number of amides is 1. The maximum absolute atomic E-state index is 12.6. The number of hydrogen-bond acceptors (Lipinski definition) is 4. The van der Waals surface area contributed by atoms with E-state index in [9.17, 15) is 4.79 Å². The van der Waals surface area contributed by atoms with E-state index >= 15 is 0 Å². The number of anilines is 3. The van der Waals surface area contributed by atoms with Gasteiger partial charge >= 0.3 is 0 Å². The number of rotatable bonds is 5. The molecule has 0 spiro atoms. The second kappa shape index (κ2) is 7.91. The number of carbonyl (C=O) groups excluding carboxylic acids is 1. The quantitative estimate of drug-likeness (QED) is 0.670. The summed E-state index contributed by atoms with van der Waals surface area (Å²) in [5, 5.41) is 6.19. The molecule has 0 fully saturated rings. The lowest BCUT2D eigenvalue weighted by Gasteiger charge is -2.13. The Morgan fingerprint density at radius 3 is 2.19 bits per heavy atom. The number of carbonyl (C=O) groups is 1. The molecular weight excluding hydrogens is 338 g/mol. The molecule has 2 aromatic carbocycles. The summed E-state index contributed by atoms with van der Waals surface area (Å²) in [5.41, 5.74) is 5.53. The molecule has 27 heavy (non-hydrogen) atoms. The molecule has 0 atom stereocenters. The summed E-state index contributed by atoms with van der Waals surface area (Å²) in [6, 6.07) is 15.2. The van der Waals surface area contributed by atoms with E-state index in [0.717, 1.165) is 28.3 Å². The third-order valence-corrected chi connectivity index (χ3v) is 4.30. The van der Waals surface area contributed by atoms with Crippen molar-refractivity contribution in [2.75, 3.05) is 17.7 Å².